The molecule has 0 saturated carbocycles. The van der Waals surface area contributed by atoms with Crippen LogP contribution in [0.2, 0.25) is 0 Å². The molecule has 0 fully saturated rings. The smallest absolute Gasteiger partial charge is 0.320 e. The molecule has 0 aromatic carbocycles. The van der Waals surface area contributed by atoms with Gasteiger partial charge in [-0.25, -0.2) is 9.78 Å². The van der Waals surface area contributed by atoms with E-state index in [-0.39, 0.29) is 11.9 Å². The Hall–Kier alpha value is -2.37. The third-order valence-electron chi connectivity index (χ3n) is 3.11. The molecule has 112 valence electrons. The summed E-state index contributed by atoms with van der Waals surface area (Å²) in [6.45, 7) is 7.46. The number of urea groups is 1. The summed E-state index contributed by atoms with van der Waals surface area (Å²) in [5.74, 6) is 0.832. The average Bonchev–Trinajstić information content (AvgIpc) is 2.76. The van der Waals surface area contributed by atoms with Gasteiger partial charge in [0.25, 0.3) is 0 Å². The van der Waals surface area contributed by atoms with Crippen molar-refractivity contribution in [2.45, 2.75) is 27.3 Å². The molecule has 0 radical (unpaired) electrons. The second-order valence-corrected chi connectivity index (χ2v) is 5.26. The number of hydrogen-bond donors (Lipinski definition) is 2. The van der Waals surface area contributed by atoms with Crippen molar-refractivity contribution in [1.29, 1.82) is 0 Å². The van der Waals surface area contributed by atoms with E-state index in [1.165, 1.54) is 0 Å². The summed E-state index contributed by atoms with van der Waals surface area (Å²) in [7, 11) is 0. The molecule has 1 atom stereocenters. The zero-order chi connectivity index (χ0) is 15.2. The molecule has 0 saturated heterocycles. The maximum Gasteiger partial charge on any atom is 0.320 e. The van der Waals surface area contributed by atoms with Crippen molar-refractivity contribution in [2.75, 3.05) is 11.9 Å². The molecular formula is C15H21N5O. The van der Waals surface area contributed by atoms with Gasteiger partial charge in [-0.15, -0.1) is 0 Å². The minimum Gasteiger partial charge on any atom is -0.337 e. The van der Waals surface area contributed by atoms with Gasteiger partial charge in [-0.3, -0.25) is 10.00 Å². The van der Waals surface area contributed by atoms with Crippen molar-refractivity contribution in [3.63, 3.8) is 0 Å². The zero-order valence-corrected chi connectivity index (χ0v) is 12.6. The van der Waals surface area contributed by atoms with E-state index in [1.807, 2.05) is 30.7 Å². The second kappa shape index (κ2) is 6.88. The minimum atomic E-state index is -0.242. The van der Waals surface area contributed by atoms with Crippen molar-refractivity contribution in [3.05, 3.63) is 41.9 Å². The first kappa shape index (κ1) is 15.0. The van der Waals surface area contributed by atoms with Crippen LogP contribution in [0.25, 0.3) is 0 Å². The molecule has 1 unspecified atom stereocenters. The van der Waals surface area contributed by atoms with Crippen molar-refractivity contribution in [2.24, 2.45) is 5.92 Å². The van der Waals surface area contributed by atoms with E-state index in [9.17, 15) is 4.79 Å². The van der Waals surface area contributed by atoms with E-state index in [4.69, 9.17) is 0 Å². The van der Waals surface area contributed by atoms with Crippen molar-refractivity contribution < 1.29 is 4.79 Å². The molecule has 2 aromatic rings. The summed E-state index contributed by atoms with van der Waals surface area (Å²) in [6, 6.07) is 7.19. The lowest BCUT2D eigenvalue weighted by Crippen LogP contribution is -2.34. The maximum absolute atomic E-state index is 11.8. The molecule has 0 spiro atoms. The van der Waals surface area contributed by atoms with Gasteiger partial charge < -0.3 is 5.32 Å². The van der Waals surface area contributed by atoms with Crippen LogP contribution in [0.15, 0.2) is 30.5 Å². The number of carbonyl (C=O) groups is 1. The fraction of sp³-hybridized carbons (Fsp3) is 0.400. The summed E-state index contributed by atoms with van der Waals surface area (Å²) >= 11 is 0. The number of anilines is 1. The van der Waals surface area contributed by atoms with Gasteiger partial charge in [0, 0.05) is 25.0 Å². The first-order chi connectivity index (χ1) is 10.0. The van der Waals surface area contributed by atoms with Crippen LogP contribution in [0, 0.1) is 19.8 Å². The highest BCUT2D eigenvalue weighted by atomic mass is 16.2. The minimum absolute atomic E-state index is 0.242. The van der Waals surface area contributed by atoms with Gasteiger partial charge in [-0.05, 0) is 38.0 Å². The molecular weight excluding hydrogens is 266 g/mol. The van der Waals surface area contributed by atoms with E-state index in [1.54, 1.807) is 18.3 Å². The topological polar surface area (TPSA) is 71.8 Å². The SMILES string of the molecule is Cc1cc(C)n(CC(C)CNC(=O)Nc2ccccn2)n1. The lowest BCUT2D eigenvalue weighted by Gasteiger charge is -2.14. The Labute approximate surface area is 124 Å². The number of hydrogen-bond acceptors (Lipinski definition) is 3. The number of aryl methyl sites for hydroxylation is 2. The fourth-order valence-corrected chi connectivity index (χ4v) is 2.08. The van der Waals surface area contributed by atoms with Crippen LogP contribution in [-0.2, 0) is 6.54 Å². The number of rotatable bonds is 5. The summed E-state index contributed by atoms with van der Waals surface area (Å²) in [5.41, 5.74) is 2.15. The third-order valence-corrected chi connectivity index (χ3v) is 3.11. The highest BCUT2D eigenvalue weighted by molar-refractivity contribution is 5.88. The average molecular weight is 287 g/mol. The highest BCUT2D eigenvalue weighted by Gasteiger charge is 2.09. The van der Waals surface area contributed by atoms with Gasteiger partial charge in [0.05, 0.1) is 5.69 Å². The summed E-state index contributed by atoms with van der Waals surface area (Å²) < 4.78 is 1.97. The molecule has 0 aliphatic heterocycles. The molecule has 2 amide bonds. The van der Waals surface area contributed by atoms with Crippen LogP contribution in [0.4, 0.5) is 10.6 Å². The van der Waals surface area contributed by atoms with Gasteiger partial charge >= 0.3 is 6.03 Å². The molecule has 2 aromatic heterocycles. The van der Waals surface area contributed by atoms with Crippen LogP contribution in [0.1, 0.15) is 18.3 Å². The van der Waals surface area contributed by atoms with Gasteiger partial charge in [0.15, 0.2) is 0 Å². The van der Waals surface area contributed by atoms with Crippen molar-refractivity contribution >= 4 is 11.8 Å². The molecule has 2 heterocycles. The molecule has 21 heavy (non-hydrogen) atoms. The Balaban J connectivity index is 1.77. The van der Waals surface area contributed by atoms with Crippen LogP contribution >= 0.6 is 0 Å². The normalized spacial score (nSPS) is 12.0. The Morgan fingerprint density at radius 1 is 1.38 bits per heavy atom. The Kier molecular flexibility index (Phi) is 4.92. The van der Waals surface area contributed by atoms with E-state index in [2.05, 4.69) is 27.6 Å². The lowest BCUT2D eigenvalue weighted by molar-refractivity contribution is 0.249. The first-order valence-electron chi connectivity index (χ1n) is 7.01. The fourth-order valence-electron chi connectivity index (χ4n) is 2.08. The number of carbonyl (C=O) groups excluding carboxylic acids is 1. The number of nitrogens with one attached hydrogen (secondary N) is 2. The lowest BCUT2D eigenvalue weighted by atomic mass is 10.2. The third kappa shape index (κ3) is 4.59. The number of aromatic nitrogens is 3. The Morgan fingerprint density at radius 3 is 2.81 bits per heavy atom. The molecule has 0 aliphatic carbocycles. The van der Waals surface area contributed by atoms with E-state index in [0.29, 0.717) is 12.4 Å². The number of amides is 2. The largest absolute Gasteiger partial charge is 0.337 e. The van der Waals surface area contributed by atoms with Crippen molar-refractivity contribution in [1.82, 2.24) is 20.1 Å². The molecule has 2 rings (SSSR count). The highest BCUT2D eigenvalue weighted by Crippen LogP contribution is 2.06. The van der Waals surface area contributed by atoms with Crippen LogP contribution in [-0.4, -0.2) is 27.3 Å². The Bertz CT molecular complexity index is 593. The van der Waals surface area contributed by atoms with E-state index in [0.717, 1.165) is 17.9 Å². The zero-order valence-electron chi connectivity index (χ0n) is 12.6. The molecule has 2 N–H and O–H groups in total. The second-order valence-electron chi connectivity index (χ2n) is 5.26. The van der Waals surface area contributed by atoms with E-state index >= 15 is 0 Å². The molecule has 6 nitrogen and oxygen atoms in total. The van der Waals surface area contributed by atoms with Gasteiger partial charge in [-0.1, -0.05) is 13.0 Å². The maximum atomic E-state index is 11.8. The van der Waals surface area contributed by atoms with Crippen molar-refractivity contribution in [3.8, 4) is 0 Å². The predicted molar refractivity (Wildman–Crippen MR) is 82.1 cm³/mol. The standard InChI is InChI=1S/C15H21N5O/c1-11(10-20-13(3)8-12(2)19-20)9-17-15(21)18-14-6-4-5-7-16-14/h4-8,11H,9-10H2,1-3H3,(H2,16,17,18,21). The van der Waals surface area contributed by atoms with Crippen LogP contribution in [0.3, 0.4) is 0 Å². The molecule has 0 aliphatic rings. The summed E-state index contributed by atoms with van der Waals surface area (Å²) in [5, 5.41) is 9.96. The van der Waals surface area contributed by atoms with E-state index < -0.39 is 0 Å². The Morgan fingerprint density at radius 2 is 2.19 bits per heavy atom. The molecule has 6 heteroatoms. The van der Waals surface area contributed by atoms with Gasteiger partial charge in [0.1, 0.15) is 5.82 Å². The number of nitrogens with zero attached hydrogens (tertiary/aromatic N) is 3. The molecule has 0 bridgehead atoms. The monoisotopic (exact) mass is 287 g/mol. The van der Waals surface area contributed by atoms with Crippen LogP contribution < -0.4 is 10.6 Å². The quantitative estimate of drug-likeness (QED) is 0.886. The number of pyridine rings is 1. The predicted octanol–water partition coefficient (Wildman–Crippen LogP) is 2.35. The van der Waals surface area contributed by atoms with Gasteiger partial charge in [-0.2, -0.15) is 5.10 Å². The summed E-state index contributed by atoms with van der Waals surface area (Å²) in [6.07, 6.45) is 1.64. The summed E-state index contributed by atoms with van der Waals surface area (Å²) in [4.78, 5) is 15.8. The van der Waals surface area contributed by atoms with Gasteiger partial charge in [0.2, 0.25) is 0 Å². The first-order valence-corrected chi connectivity index (χ1v) is 7.01. The van der Waals surface area contributed by atoms with Crippen LogP contribution in [0.5, 0.6) is 0 Å².